The highest BCUT2D eigenvalue weighted by atomic mass is 16.3. The van der Waals surface area contributed by atoms with E-state index in [1.165, 1.54) is 12.0 Å². The lowest BCUT2D eigenvalue weighted by Gasteiger charge is -2.33. The number of hydrogen-bond donors (Lipinski definition) is 1. The van der Waals surface area contributed by atoms with Crippen LogP contribution in [0.1, 0.15) is 57.1 Å². The Morgan fingerprint density at radius 1 is 1.18 bits per heavy atom. The fraction of sp³-hybridized carbons (Fsp3) is 0.625. The van der Waals surface area contributed by atoms with Crippen LogP contribution in [0.3, 0.4) is 0 Å². The van der Waals surface area contributed by atoms with Crippen LogP contribution >= 0.6 is 0 Å². The maximum atomic E-state index is 10.7. The second kappa shape index (κ2) is 5.22. The van der Waals surface area contributed by atoms with Gasteiger partial charge in [0.15, 0.2) is 0 Å². The minimum Gasteiger partial charge on any atom is -0.385 e. The Morgan fingerprint density at radius 3 is 2.53 bits per heavy atom. The van der Waals surface area contributed by atoms with Crippen LogP contribution in [-0.2, 0) is 12.0 Å². The highest BCUT2D eigenvalue weighted by Gasteiger charge is 2.30. The molecule has 94 valence electrons. The molecular weight excluding hydrogens is 208 g/mol. The molecule has 1 aliphatic carbocycles. The average molecular weight is 232 g/mol. The molecule has 1 saturated carbocycles. The van der Waals surface area contributed by atoms with Gasteiger partial charge in [-0.1, -0.05) is 57.4 Å². The van der Waals surface area contributed by atoms with Gasteiger partial charge < -0.3 is 5.11 Å². The molecule has 0 unspecified atom stereocenters. The predicted octanol–water partition coefficient (Wildman–Crippen LogP) is 4.04. The molecule has 0 heterocycles. The third-order valence-corrected chi connectivity index (χ3v) is 3.79. The van der Waals surface area contributed by atoms with Crippen molar-refractivity contribution in [2.24, 2.45) is 5.92 Å². The molecule has 0 bridgehead atoms. The van der Waals surface area contributed by atoms with Gasteiger partial charge in [0, 0.05) is 0 Å². The molecule has 1 N–H and O–H groups in total. The Labute approximate surface area is 105 Å². The molecule has 0 radical (unpaired) electrons. The lowest BCUT2D eigenvalue weighted by atomic mass is 9.79. The molecule has 1 aromatic rings. The van der Waals surface area contributed by atoms with Gasteiger partial charge in [0.25, 0.3) is 0 Å². The van der Waals surface area contributed by atoms with Crippen LogP contribution in [-0.4, -0.2) is 5.11 Å². The predicted molar refractivity (Wildman–Crippen MR) is 72.0 cm³/mol. The molecule has 1 fully saturated rings. The molecule has 1 heteroatoms. The summed E-state index contributed by atoms with van der Waals surface area (Å²) in [4.78, 5) is 0. The van der Waals surface area contributed by atoms with Gasteiger partial charge in [-0.25, -0.2) is 0 Å². The molecule has 0 saturated heterocycles. The second-order valence-electron chi connectivity index (χ2n) is 5.89. The van der Waals surface area contributed by atoms with Gasteiger partial charge in [-0.05, 0) is 36.3 Å². The summed E-state index contributed by atoms with van der Waals surface area (Å²) >= 11 is 0. The van der Waals surface area contributed by atoms with Crippen LogP contribution in [0.2, 0.25) is 0 Å². The first-order valence-electron chi connectivity index (χ1n) is 6.92. The Bertz CT molecular complexity index is 362. The van der Waals surface area contributed by atoms with Crippen molar-refractivity contribution >= 4 is 0 Å². The molecule has 1 aliphatic rings. The molecule has 0 spiro atoms. The summed E-state index contributed by atoms with van der Waals surface area (Å²) in [5.74, 6) is 0.672. The van der Waals surface area contributed by atoms with E-state index in [-0.39, 0.29) is 0 Å². The molecule has 0 aliphatic heterocycles. The Hall–Kier alpha value is -0.820. The van der Waals surface area contributed by atoms with Gasteiger partial charge in [-0.2, -0.15) is 0 Å². The SMILES string of the molecule is CC(C)Cc1cccc(C2(O)CCCCC2)c1. The summed E-state index contributed by atoms with van der Waals surface area (Å²) in [6.45, 7) is 4.48. The van der Waals surface area contributed by atoms with E-state index in [2.05, 4.69) is 38.1 Å². The van der Waals surface area contributed by atoms with E-state index >= 15 is 0 Å². The summed E-state index contributed by atoms with van der Waals surface area (Å²) in [6.07, 6.45) is 6.55. The fourth-order valence-corrected chi connectivity index (χ4v) is 2.88. The standard InChI is InChI=1S/C16H24O/c1-13(2)11-14-7-6-8-15(12-14)16(17)9-4-3-5-10-16/h6-8,12-13,17H,3-5,9-11H2,1-2H3. The van der Waals surface area contributed by atoms with Gasteiger partial charge in [0.05, 0.1) is 5.60 Å². The van der Waals surface area contributed by atoms with E-state index < -0.39 is 5.60 Å². The van der Waals surface area contributed by atoms with Crippen LogP contribution < -0.4 is 0 Å². The molecule has 2 rings (SSSR count). The number of rotatable bonds is 3. The molecular formula is C16H24O. The van der Waals surface area contributed by atoms with E-state index in [9.17, 15) is 5.11 Å². The van der Waals surface area contributed by atoms with Crippen LogP contribution in [0, 0.1) is 5.92 Å². The summed E-state index contributed by atoms with van der Waals surface area (Å²) in [5, 5.41) is 10.7. The minimum absolute atomic E-state index is 0.550. The lowest BCUT2D eigenvalue weighted by molar-refractivity contribution is -0.000698. The molecule has 0 amide bonds. The third kappa shape index (κ3) is 3.10. The maximum Gasteiger partial charge on any atom is 0.0896 e. The van der Waals surface area contributed by atoms with Crippen molar-refractivity contribution in [1.29, 1.82) is 0 Å². The zero-order chi connectivity index (χ0) is 12.3. The zero-order valence-electron chi connectivity index (χ0n) is 11.1. The van der Waals surface area contributed by atoms with Crippen LogP contribution in [0.25, 0.3) is 0 Å². The molecule has 0 aromatic heterocycles. The minimum atomic E-state index is -0.550. The largest absolute Gasteiger partial charge is 0.385 e. The first-order chi connectivity index (χ1) is 8.10. The molecule has 1 aromatic carbocycles. The van der Waals surface area contributed by atoms with Gasteiger partial charge in [-0.15, -0.1) is 0 Å². The van der Waals surface area contributed by atoms with Crippen molar-refractivity contribution in [3.05, 3.63) is 35.4 Å². The second-order valence-corrected chi connectivity index (χ2v) is 5.89. The summed E-state index contributed by atoms with van der Waals surface area (Å²) in [5.41, 5.74) is 1.94. The van der Waals surface area contributed by atoms with Crippen molar-refractivity contribution in [3.8, 4) is 0 Å². The van der Waals surface area contributed by atoms with Crippen molar-refractivity contribution in [3.63, 3.8) is 0 Å². The lowest BCUT2D eigenvalue weighted by Crippen LogP contribution is -2.28. The van der Waals surface area contributed by atoms with Gasteiger partial charge >= 0.3 is 0 Å². The topological polar surface area (TPSA) is 20.2 Å². The molecule has 1 nitrogen and oxygen atoms in total. The summed E-state index contributed by atoms with van der Waals surface area (Å²) in [7, 11) is 0. The highest BCUT2D eigenvalue weighted by molar-refractivity contribution is 5.29. The number of hydrogen-bond acceptors (Lipinski definition) is 1. The quantitative estimate of drug-likeness (QED) is 0.834. The van der Waals surface area contributed by atoms with Crippen LogP contribution in [0.5, 0.6) is 0 Å². The van der Waals surface area contributed by atoms with Crippen LogP contribution in [0.4, 0.5) is 0 Å². The van der Waals surface area contributed by atoms with Gasteiger partial charge in [0.2, 0.25) is 0 Å². The maximum absolute atomic E-state index is 10.7. The van der Waals surface area contributed by atoms with E-state index in [1.54, 1.807) is 0 Å². The monoisotopic (exact) mass is 232 g/mol. The fourth-order valence-electron chi connectivity index (χ4n) is 2.88. The summed E-state index contributed by atoms with van der Waals surface area (Å²) in [6, 6.07) is 8.58. The Morgan fingerprint density at radius 2 is 1.88 bits per heavy atom. The average Bonchev–Trinajstić information content (AvgIpc) is 2.29. The first kappa shape index (κ1) is 12.6. The van der Waals surface area contributed by atoms with Gasteiger partial charge in [-0.3, -0.25) is 0 Å². The molecule has 0 atom stereocenters. The van der Waals surface area contributed by atoms with E-state index in [4.69, 9.17) is 0 Å². The zero-order valence-corrected chi connectivity index (χ0v) is 11.1. The Balaban J connectivity index is 2.19. The third-order valence-electron chi connectivity index (χ3n) is 3.79. The van der Waals surface area contributed by atoms with E-state index in [0.717, 1.165) is 37.7 Å². The number of benzene rings is 1. The normalized spacial score (nSPS) is 19.5. The smallest absolute Gasteiger partial charge is 0.0896 e. The van der Waals surface area contributed by atoms with Crippen LogP contribution in [0.15, 0.2) is 24.3 Å². The highest BCUT2D eigenvalue weighted by Crippen LogP contribution is 2.37. The van der Waals surface area contributed by atoms with Crippen molar-refractivity contribution in [2.45, 2.75) is 58.0 Å². The van der Waals surface area contributed by atoms with Crippen molar-refractivity contribution in [1.82, 2.24) is 0 Å². The number of aliphatic hydroxyl groups is 1. The van der Waals surface area contributed by atoms with Crippen molar-refractivity contribution < 1.29 is 5.11 Å². The van der Waals surface area contributed by atoms with Gasteiger partial charge in [0.1, 0.15) is 0 Å². The summed E-state index contributed by atoms with van der Waals surface area (Å²) < 4.78 is 0. The first-order valence-corrected chi connectivity index (χ1v) is 6.92. The molecule has 17 heavy (non-hydrogen) atoms. The van der Waals surface area contributed by atoms with Crippen molar-refractivity contribution in [2.75, 3.05) is 0 Å². The Kier molecular flexibility index (Phi) is 3.88. The van der Waals surface area contributed by atoms with E-state index in [1.807, 2.05) is 0 Å². The van der Waals surface area contributed by atoms with E-state index in [0.29, 0.717) is 5.92 Å².